The monoisotopic (exact) mass is 520 g/mol. The summed E-state index contributed by atoms with van der Waals surface area (Å²) in [6, 6.07) is 8.14. The molecule has 13 nitrogen and oxygen atoms in total. The smallest absolute Gasteiger partial charge is 0.317 e. The van der Waals surface area contributed by atoms with Gasteiger partial charge in [0, 0.05) is 29.7 Å². The Balaban J connectivity index is 1.62. The number of phenolic OH excluding ortho intramolecular Hbond substituents is 3. The van der Waals surface area contributed by atoms with E-state index in [4.69, 9.17) is 24.1 Å². The molecule has 0 aliphatic carbocycles. The average molecular weight is 520 g/mol. The van der Waals surface area contributed by atoms with Crippen molar-refractivity contribution in [3.8, 4) is 23.0 Å². The number of hydrogen-bond donors (Lipinski definition) is 7. The van der Waals surface area contributed by atoms with Crippen LogP contribution in [-0.4, -0.2) is 85.0 Å². The number of phenols is 3. The molecule has 198 valence electrons. The Labute approximate surface area is 209 Å². The number of benzene rings is 2. The number of allylic oxidation sites excluding steroid dienone is 1. The zero-order valence-corrected chi connectivity index (χ0v) is 19.1. The van der Waals surface area contributed by atoms with Gasteiger partial charge in [-0.3, -0.25) is 9.59 Å². The number of fused-ring (bicyclic) bond motifs is 1. The molecule has 1 saturated heterocycles. The molecule has 0 radical (unpaired) electrons. The van der Waals surface area contributed by atoms with Crippen LogP contribution in [0, 0.1) is 0 Å². The van der Waals surface area contributed by atoms with Crippen LogP contribution in [0.25, 0.3) is 5.76 Å². The van der Waals surface area contributed by atoms with Gasteiger partial charge in [0.2, 0.25) is 6.29 Å². The van der Waals surface area contributed by atoms with Crippen molar-refractivity contribution in [2.45, 2.75) is 43.5 Å². The zero-order valence-electron chi connectivity index (χ0n) is 19.1. The molecule has 37 heavy (non-hydrogen) atoms. The maximum absolute atomic E-state index is 11.6. The summed E-state index contributed by atoms with van der Waals surface area (Å²) in [7, 11) is 0. The summed E-state index contributed by atoms with van der Waals surface area (Å²) in [5.41, 5.74) is 0.645. The van der Waals surface area contributed by atoms with Crippen LogP contribution >= 0.6 is 0 Å². The third-order valence-corrected chi connectivity index (χ3v) is 5.73. The number of aliphatic hydroxyl groups is 3. The van der Waals surface area contributed by atoms with Gasteiger partial charge in [-0.25, -0.2) is 0 Å². The predicted molar refractivity (Wildman–Crippen MR) is 120 cm³/mol. The molecule has 0 saturated carbocycles. The molecular formula is C24H24O13. The van der Waals surface area contributed by atoms with Gasteiger partial charge in [-0.1, -0.05) is 0 Å². The van der Waals surface area contributed by atoms with Crippen LogP contribution in [0.3, 0.4) is 0 Å². The van der Waals surface area contributed by atoms with Crippen molar-refractivity contribution in [2.24, 2.45) is 0 Å². The Morgan fingerprint density at radius 2 is 1.65 bits per heavy atom. The summed E-state index contributed by atoms with van der Waals surface area (Å²) in [5, 5.41) is 69.6. The maximum atomic E-state index is 11.6. The summed E-state index contributed by atoms with van der Waals surface area (Å²) < 4.78 is 22.1. The normalized spacial score (nSPS) is 25.1. The zero-order chi connectivity index (χ0) is 26.9. The molecule has 7 N–H and O–H groups in total. The number of rotatable bonds is 7. The number of carboxylic acids is 1. The van der Waals surface area contributed by atoms with Gasteiger partial charge in [-0.15, -0.1) is 0 Å². The Kier molecular flexibility index (Phi) is 7.40. The molecular weight excluding hydrogens is 496 g/mol. The molecule has 1 fully saturated rings. The van der Waals surface area contributed by atoms with Gasteiger partial charge in [0.05, 0.1) is 0 Å². The van der Waals surface area contributed by atoms with Gasteiger partial charge in [-0.05, 0) is 24.3 Å². The lowest BCUT2D eigenvalue weighted by molar-refractivity contribution is -0.292. The van der Waals surface area contributed by atoms with Crippen LogP contribution in [0.1, 0.15) is 17.5 Å². The van der Waals surface area contributed by atoms with Crippen LogP contribution < -0.4 is 4.74 Å². The van der Waals surface area contributed by atoms with Crippen molar-refractivity contribution in [3.63, 3.8) is 0 Å². The van der Waals surface area contributed by atoms with Gasteiger partial charge in [0.15, 0.2) is 5.76 Å². The van der Waals surface area contributed by atoms with Crippen molar-refractivity contribution >= 4 is 17.7 Å². The van der Waals surface area contributed by atoms with E-state index in [0.717, 1.165) is 6.07 Å². The first kappa shape index (κ1) is 26.0. The lowest BCUT2D eigenvalue weighted by Crippen LogP contribution is -2.59. The molecule has 2 heterocycles. The Hall–Kier alpha value is -4.04. The number of carbonyl (C=O) groups excluding carboxylic acids is 1. The third kappa shape index (κ3) is 5.70. The highest BCUT2D eigenvalue weighted by atomic mass is 16.7. The molecule has 2 aliphatic heterocycles. The fraction of sp³-hybridized carbons (Fsp3) is 0.333. The van der Waals surface area contributed by atoms with Gasteiger partial charge in [-0.2, -0.15) is 0 Å². The van der Waals surface area contributed by atoms with Crippen molar-refractivity contribution in [1.82, 2.24) is 0 Å². The number of aliphatic hydroxyl groups excluding tert-OH is 3. The van der Waals surface area contributed by atoms with Gasteiger partial charge >= 0.3 is 11.9 Å². The Morgan fingerprint density at radius 3 is 2.32 bits per heavy atom. The van der Waals surface area contributed by atoms with E-state index in [2.05, 4.69) is 0 Å². The molecule has 2 aromatic carbocycles. The number of ether oxygens (including phenoxy) is 4. The van der Waals surface area contributed by atoms with Crippen LogP contribution in [0.4, 0.5) is 0 Å². The van der Waals surface area contributed by atoms with E-state index in [1.807, 2.05) is 0 Å². The minimum atomic E-state index is -1.79. The predicted octanol–water partition coefficient (Wildman–Crippen LogP) is -0.0508. The fourth-order valence-electron chi connectivity index (χ4n) is 3.86. The van der Waals surface area contributed by atoms with E-state index in [9.17, 15) is 40.2 Å². The Morgan fingerprint density at radius 1 is 0.946 bits per heavy atom. The lowest BCUT2D eigenvalue weighted by atomic mass is 9.98. The molecule has 2 aromatic rings. The molecule has 13 heteroatoms. The van der Waals surface area contributed by atoms with Crippen molar-refractivity contribution < 1.29 is 64.3 Å². The quantitative estimate of drug-likeness (QED) is 0.189. The van der Waals surface area contributed by atoms with Crippen LogP contribution in [0.15, 0.2) is 42.2 Å². The second-order valence-corrected chi connectivity index (χ2v) is 8.41. The molecule has 5 atom stereocenters. The van der Waals surface area contributed by atoms with Gasteiger partial charge in [0.1, 0.15) is 66.2 Å². The van der Waals surface area contributed by atoms with E-state index >= 15 is 0 Å². The number of esters is 1. The van der Waals surface area contributed by atoms with Crippen LogP contribution in [0.2, 0.25) is 0 Å². The standard InChI is InChI=1S/C24H24O13/c25-11-3-1-10(2-4-11)23-16(7-13-14(27)5-12(26)6-15(13)35-23)36-24-22(33)21(32)20(31)17(37-24)9-34-19(30)8-18(28)29/h1-6,17,20-22,24-27,31-33H,7-9H2,(H,28,29)/t17-,20-,21+,22-,24-/m1/s1. The maximum Gasteiger partial charge on any atom is 0.317 e. The van der Waals surface area contributed by atoms with E-state index in [0.29, 0.717) is 5.56 Å². The molecule has 0 spiro atoms. The number of carboxylic acid groups (broad SMARTS) is 1. The number of carbonyl (C=O) groups is 2. The number of aliphatic carboxylic acids is 1. The largest absolute Gasteiger partial charge is 0.508 e. The number of aromatic hydroxyl groups is 3. The highest BCUT2D eigenvalue weighted by Gasteiger charge is 2.46. The minimum absolute atomic E-state index is 0.0217. The van der Waals surface area contributed by atoms with E-state index in [1.165, 1.54) is 30.3 Å². The van der Waals surface area contributed by atoms with Crippen molar-refractivity contribution in [3.05, 3.63) is 53.3 Å². The van der Waals surface area contributed by atoms with E-state index in [-0.39, 0.29) is 46.5 Å². The van der Waals surface area contributed by atoms with Crippen LogP contribution in [-0.2, 0) is 30.2 Å². The average Bonchev–Trinajstić information content (AvgIpc) is 2.83. The van der Waals surface area contributed by atoms with Crippen molar-refractivity contribution in [1.29, 1.82) is 0 Å². The first-order valence-electron chi connectivity index (χ1n) is 11.0. The highest BCUT2D eigenvalue weighted by molar-refractivity contribution is 5.90. The first-order chi connectivity index (χ1) is 17.5. The lowest BCUT2D eigenvalue weighted by Gasteiger charge is -2.40. The third-order valence-electron chi connectivity index (χ3n) is 5.73. The van der Waals surface area contributed by atoms with Gasteiger partial charge in [0.25, 0.3) is 0 Å². The van der Waals surface area contributed by atoms with Crippen LogP contribution in [0.5, 0.6) is 23.0 Å². The summed E-state index contributed by atoms with van der Waals surface area (Å²) in [6.45, 7) is -0.639. The second-order valence-electron chi connectivity index (χ2n) is 8.41. The molecule has 4 rings (SSSR count). The SMILES string of the molecule is O=C(O)CC(=O)OC[C@H]1O[C@@H](OC2=C(c3ccc(O)cc3)Oc3cc(O)cc(O)c3C2)[C@H](O)[C@@H](O)[C@@H]1O. The summed E-state index contributed by atoms with van der Waals surface area (Å²) in [6.07, 6.45) is -9.30. The molecule has 2 aliphatic rings. The molecule has 0 amide bonds. The second kappa shape index (κ2) is 10.5. The fourth-order valence-corrected chi connectivity index (χ4v) is 3.86. The molecule has 0 aromatic heterocycles. The first-order valence-corrected chi connectivity index (χ1v) is 11.0. The summed E-state index contributed by atoms with van der Waals surface area (Å²) >= 11 is 0. The van der Waals surface area contributed by atoms with E-state index in [1.54, 1.807) is 0 Å². The molecule has 0 unspecified atom stereocenters. The van der Waals surface area contributed by atoms with Gasteiger partial charge < -0.3 is 54.7 Å². The minimum Gasteiger partial charge on any atom is -0.508 e. The summed E-state index contributed by atoms with van der Waals surface area (Å²) in [4.78, 5) is 22.2. The highest BCUT2D eigenvalue weighted by Crippen LogP contribution is 2.42. The summed E-state index contributed by atoms with van der Waals surface area (Å²) in [5.74, 6) is -2.88. The topological polar surface area (TPSA) is 213 Å². The van der Waals surface area contributed by atoms with Crippen molar-refractivity contribution in [2.75, 3.05) is 6.61 Å². The van der Waals surface area contributed by atoms with E-state index < -0.39 is 55.7 Å². The molecule has 0 bridgehead atoms. The Bertz CT molecular complexity index is 1210. The number of hydrogen-bond acceptors (Lipinski definition) is 12.